The summed E-state index contributed by atoms with van der Waals surface area (Å²) in [7, 11) is 3.43. The zero-order valence-electron chi connectivity index (χ0n) is 18.1. The van der Waals surface area contributed by atoms with E-state index in [1.54, 1.807) is 37.3 Å². The van der Waals surface area contributed by atoms with Gasteiger partial charge in [0.2, 0.25) is 0 Å². The Bertz CT molecular complexity index is 697. The molecule has 3 amide bonds. The van der Waals surface area contributed by atoms with E-state index < -0.39 is 0 Å². The zero-order chi connectivity index (χ0) is 21.4. The average Bonchev–Trinajstić information content (AvgIpc) is 2.71. The van der Waals surface area contributed by atoms with Crippen LogP contribution in [0.25, 0.3) is 0 Å². The van der Waals surface area contributed by atoms with Gasteiger partial charge >= 0.3 is 6.03 Å². The second kappa shape index (κ2) is 11.0. The third-order valence-electron chi connectivity index (χ3n) is 5.02. The Kier molecular flexibility index (Phi) is 8.72. The fourth-order valence-electron chi connectivity index (χ4n) is 3.15. The molecular formula is C21H34N4O4. The highest BCUT2D eigenvalue weighted by atomic mass is 16.5. The van der Waals surface area contributed by atoms with Gasteiger partial charge in [0.25, 0.3) is 5.91 Å². The second-order valence-corrected chi connectivity index (χ2v) is 7.65. The molecule has 8 nitrogen and oxygen atoms in total. The number of carbonyl (C=O) groups excluding carboxylic acids is 2. The minimum atomic E-state index is -0.282. The van der Waals surface area contributed by atoms with Crippen molar-refractivity contribution in [2.75, 3.05) is 45.7 Å². The van der Waals surface area contributed by atoms with Crippen LogP contribution in [0.4, 0.5) is 10.5 Å². The van der Waals surface area contributed by atoms with E-state index in [4.69, 9.17) is 9.47 Å². The van der Waals surface area contributed by atoms with Crippen molar-refractivity contribution in [2.24, 2.45) is 5.92 Å². The van der Waals surface area contributed by atoms with Crippen LogP contribution in [-0.4, -0.2) is 69.4 Å². The number of nitrogens with zero attached hydrogens (tertiary/aromatic N) is 1. The highest BCUT2D eigenvalue weighted by Gasteiger charge is 2.25. The lowest BCUT2D eigenvalue weighted by atomic mass is 10.0. The molecule has 29 heavy (non-hydrogen) atoms. The van der Waals surface area contributed by atoms with Crippen LogP contribution in [0.1, 0.15) is 37.6 Å². The van der Waals surface area contributed by atoms with Gasteiger partial charge in [-0.2, -0.15) is 0 Å². The fraction of sp³-hybridized carbons (Fsp3) is 0.619. The van der Waals surface area contributed by atoms with Gasteiger partial charge in [0, 0.05) is 51.6 Å². The van der Waals surface area contributed by atoms with Gasteiger partial charge in [0.15, 0.2) is 0 Å². The van der Waals surface area contributed by atoms with E-state index in [0.29, 0.717) is 36.7 Å². The van der Waals surface area contributed by atoms with Gasteiger partial charge in [-0.05, 0) is 31.4 Å². The average molecular weight is 407 g/mol. The largest absolute Gasteiger partial charge is 0.491 e. The highest BCUT2D eigenvalue weighted by Crippen LogP contribution is 2.26. The summed E-state index contributed by atoms with van der Waals surface area (Å²) < 4.78 is 11.6. The van der Waals surface area contributed by atoms with E-state index >= 15 is 0 Å². The molecule has 1 aromatic carbocycles. The minimum Gasteiger partial charge on any atom is -0.491 e. The van der Waals surface area contributed by atoms with Crippen LogP contribution in [0.2, 0.25) is 0 Å². The minimum absolute atomic E-state index is 0.0735. The summed E-state index contributed by atoms with van der Waals surface area (Å²) in [6, 6.07) is 4.92. The number of amides is 3. The number of hydrogen-bond acceptors (Lipinski definition) is 5. The molecule has 3 atom stereocenters. The summed E-state index contributed by atoms with van der Waals surface area (Å²) in [5, 5.41) is 9.00. The third-order valence-corrected chi connectivity index (χ3v) is 5.02. The quantitative estimate of drug-likeness (QED) is 0.714. The number of ether oxygens (including phenoxy) is 2. The smallest absolute Gasteiger partial charge is 0.319 e. The number of rotatable bonds is 4. The predicted molar refractivity (Wildman–Crippen MR) is 114 cm³/mol. The number of hydrogen-bond donors (Lipinski definition) is 3. The first-order chi connectivity index (χ1) is 13.8. The predicted octanol–water partition coefficient (Wildman–Crippen LogP) is 2.31. The van der Waals surface area contributed by atoms with Crippen molar-refractivity contribution in [3.05, 3.63) is 23.8 Å². The molecule has 0 radical (unpaired) electrons. The van der Waals surface area contributed by atoms with Gasteiger partial charge in [-0.3, -0.25) is 4.79 Å². The Balaban J connectivity index is 2.27. The molecule has 3 N–H and O–H groups in total. The van der Waals surface area contributed by atoms with Gasteiger partial charge in [-0.1, -0.05) is 13.8 Å². The Labute approximate surface area is 173 Å². The van der Waals surface area contributed by atoms with Crippen LogP contribution >= 0.6 is 0 Å². The van der Waals surface area contributed by atoms with Crippen molar-refractivity contribution >= 4 is 17.6 Å². The molecule has 0 aliphatic carbocycles. The number of methoxy groups -OCH3 is 1. The Morgan fingerprint density at radius 1 is 1.38 bits per heavy atom. The molecule has 0 aromatic heterocycles. The van der Waals surface area contributed by atoms with Crippen LogP contribution in [0.5, 0.6) is 5.75 Å². The van der Waals surface area contributed by atoms with Crippen LogP contribution in [0.15, 0.2) is 18.2 Å². The Hall–Kier alpha value is -2.32. The highest BCUT2D eigenvalue weighted by molar-refractivity contribution is 5.98. The summed E-state index contributed by atoms with van der Waals surface area (Å²) in [6.45, 7) is 8.37. The molecule has 0 unspecified atom stereocenters. The Morgan fingerprint density at radius 2 is 2.14 bits per heavy atom. The maximum Gasteiger partial charge on any atom is 0.319 e. The molecule has 0 fully saturated rings. The SMILES string of the molecule is CCCNC(=O)Nc1ccc2c(c1)OC[C@@H](C)NC[C@H](C)[C@H](OC)CN(C)C2=O. The van der Waals surface area contributed by atoms with Crippen molar-refractivity contribution in [3.63, 3.8) is 0 Å². The van der Waals surface area contributed by atoms with Crippen LogP contribution in [0, 0.1) is 5.92 Å². The third kappa shape index (κ3) is 6.61. The summed E-state index contributed by atoms with van der Waals surface area (Å²) in [6.07, 6.45) is 0.781. The summed E-state index contributed by atoms with van der Waals surface area (Å²) in [5.74, 6) is 0.550. The monoisotopic (exact) mass is 406 g/mol. The number of likely N-dealkylation sites (N-methyl/N-ethyl adjacent to an activating group) is 1. The molecule has 0 bridgehead atoms. The van der Waals surface area contributed by atoms with Gasteiger partial charge in [-0.15, -0.1) is 0 Å². The lowest BCUT2D eigenvalue weighted by molar-refractivity contribution is 0.0281. The molecule has 0 saturated carbocycles. The molecule has 0 spiro atoms. The number of nitrogens with one attached hydrogen (secondary N) is 3. The molecule has 1 aliphatic heterocycles. The molecule has 1 aromatic rings. The van der Waals surface area contributed by atoms with Gasteiger partial charge in [-0.25, -0.2) is 4.79 Å². The van der Waals surface area contributed by atoms with Crippen molar-refractivity contribution in [3.8, 4) is 5.75 Å². The van der Waals surface area contributed by atoms with E-state index in [2.05, 4.69) is 22.9 Å². The van der Waals surface area contributed by atoms with Gasteiger partial charge in [0.05, 0.1) is 11.7 Å². The van der Waals surface area contributed by atoms with Crippen molar-refractivity contribution in [1.82, 2.24) is 15.5 Å². The normalized spacial score (nSPS) is 23.3. The maximum absolute atomic E-state index is 13.1. The molecular weight excluding hydrogens is 372 g/mol. The van der Waals surface area contributed by atoms with Crippen LogP contribution < -0.4 is 20.7 Å². The van der Waals surface area contributed by atoms with E-state index in [-0.39, 0.29) is 30.0 Å². The molecule has 2 rings (SSSR count). The molecule has 0 saturated heterocycles. The van der Waals surface area contributed by atoms with Gasteiger partial charge in [0.1, 0.15) is 12.4 Å². The molecule has 1 aliphatic rings. The molecule has 8 heteroatoms. The van der Waals surface area contributed by atoms with Crippen LogP contribution in [-0.2, 0) is 4.74 Å². The Morgan fingerprint density at radius 3 is 2.83 bits per heavy atom. The van der Waals surface area contributed by atoms with E-state index in [0.717, 1.165) is 13.0 Å². The standard InChI is InChI=1S/C21H34N4O4/c1-6-9-22-21(27)24-16-7-8-17-18(10-16)29-13-15(3)23-11-14(2)19(28-5)12-25(4)20(17)26/h7-8,10,14-15,19,23H,6,9,11-13H2,1-5H3,(H2,22,24,27)/t14-,15+,19+/m0/s1. The van der Waals surface area contributed by atoms with Crippen molar-refractivity contribution in [1.29, 1.82) is 0 Å². The molecule has 1 heterocycles. The second-order valence-electron chi connectivity index (χ2n) is 7.65. The lowest BCUT2D eigenvalue weighted by Crippen LogP contribution is -2.44. The zero-order valence-corrected chi connectivity index (χ0v) is 18.1. The maximum atomic E-state index is 13.1. The van der Waals surface area contributed by atoms with Gasteiger partial charge < -0.3 is 30.3 Å². The topological polar surface area (TPSA) is 91.9 Å². The number of benzene rings is 1. The summed E-state index contributed by atoms with van der Waals surface area (Å²) in [5.41, 5.74) is 1.03. The first kappa shape index (κ1) is 23.0. The van der Waals surface area contributed by atoms with E-state index in [1.165, 1.54) is 0 Å². The first-order valence-electron chi connectivity index (χ1n) is 10.2. The van der Waals surface area contributed by atoms with Crippen LogP contribution in [0.3, 0.4) is 0 Å². The number of anilines is 1. The number of urea groups is 1. The number of carbonyl (C=O) groups is 2. The van der Waals surface area contributed by atoms with Crippen molar-refractivity contribution in [2.45, 2.75) is 39.3 Å². The molecule has 162 valence electrons. The summed E-state index contributed by atoms with van der Waals surface area (Å²) >= 11 is 0. The van der Waals surface area contributed by atoms with E-state index in [9.17, 15) is 9.59 Å². The number of fused-ring (bicyclic) bond motifs is 1. The van der Waals surface area contributed by atoms with Crippen molar-refractivity contribution < 1.29 is 19.1 Å². The first-order valence-corrected chi connectivity index (χ1v) is 10.2. The fourth-order valence-corrected chi connectivity index (χ4v) is 3.15. The van der Waals surface area contributed by atoms with E-state index in [1.807, 2.05) is 13.8 Å². The summed E-state index contributed by atoms with van der Waals surface area (Å²) in [4.78, 5) is 26.7. The lowest BCUT2D eigenvalue weighted by Gasteiger charge is -2.30.